The molecular weight excluding hydrogens is 747 g/mol. The Hall–Kier alpha value is -8.00. The fourth-order valence-electron chi connectivity index (χ4n) is 10.4. The van der Waals surface area contributed by atoms with E-state index in [0.29, 0.717) is 0 Å². The van der Waals surface area contributed by atoms with E-state index in [1.807, 2.05) is 0 Å². The Morgan fingerprint density at radius 2 is 0.806 bits per heavy atom. The molecule has 0 heterocycles. The van der Waals surface area contributed by atoms with Gasteiger partial charge in [0, 0.05) is 16.8 Å². The van der Waals surface area contributed by atoms with Crippen LogP contribution in [0.15, 0.2) is 249 Å². The highest BCUT2D eigenvalue weighted by atomic mass is 15.1. The van der Waals surface area contributed by atoms with E-state index in [1.54, 1.807) is 0 Å². The summed E-state index contributed by atoms with van der Waals surface area (Å²) in [5.74, 6) is 0. The van der Waals surface area contributed by atoms with Gasteiger partial charge in [0.1, 0.15) is 0 Å². The van der Waals surface area contributed by atoms with E-state index in [2.05, 4.69) is 254 Å². The Labute approximate surface area is 362 Å². The molecule has 0 spiro atoms. The maximum Gasteiger partial charge on any atom is 0.0714 e. The second-order valence-electron chi connectivity index (χ2n) is 16.4. The molecule has 0 unspecified atom stereocenters. The predicted octanol–water partition coefficient (Wildman–Crippen LogP) is 16.3. The highest BCUT2D eigenvalue weighted by Crippen LogP contribution is 2.57. The molecule has 12 rings (SSSR count). The summed E-state index contributed by atoms with van der Waals surface area (Å²) in [5, 5.41) is 7.41. The van der Waals surface area contributed by atoms with Gasteiger partial charge in [0.2, 0.25) is 0 Å². The van der Waals surface area contributed by atoms with E-state index in [1.165, 1.54) is 82.4 Å². The Morgan fingerprint density at radius 1 is 0.274 bits per heavy atom. The largest absolute Gasteiger partial charge is 0.310 e. The van der Waals surface area contributed by atoms with Gasteiger partial charge in [-0.2, -0.15) is 0 Å². The van der Waals surface area contributed by atoms with Crippen molar-refractivity contribution in [2.45, 2.75) is 5.41 Å². The molecule has 1 heteroatoms. The average Bonchev–Trinajstić information content (AvgIpc) is 3.65. The lowest BCUT2D eigenvalue weighted by molar-refractivity contribution is 0.768. The van der Waals surface area contributed by atoms with Crippen molar-refractivity contribution in [1.29, 1.82) is 0 Å². The summed E-state index contributed by atoms with van der Waals surface area (Å²) in [5.41, 5.74) is 15.2. The van der Waals surface area contributed by atoms with E-state index in [0.717, 1.165) is 22.6 Å². The van der Waals surface area contributed by atoms with Gasteiger partial charge < -0.3 is 4.90 Å². The standard InChI is InChI=1S/C61H41N/c1-3-24-47(25-4-1)61(48-26-5-2-6-27-48)58-35-14-13-32-55(58)56-37-36-50(41-59(56)61)62(60-40-46-19-8-10-30-53(46)54-31-11-12-33-57(54)60)49-28-16-22-44(39-49)43-21-15-23-45(38-43)52-34-17-20-42-18-7-9-29-51(42)52/h1-41H. The monoisotopic (exact) mass is 787 g/mol. The van der Waals surface area contributed by atoms with Gasteiger partial charge >= 0.3 is 0 Å². The summed E-state index contributed by atoms with van der Waals surface area (Å²) < 4.78 is 0. The first kappa shape index (κ1) is 35.9. The van der Waals surface area contributed by atoms with Gasteiger partial charge in [-0.1, -0.05) is 212 Å². The summed E-state index contributed by atoms with van der Waals surface area (Å²) in [6.45, 7) is 0. The van der Waals surface area contributed by atoms with Gasteiger partial charge in [-0.25, -0.2) is 0 Å². The molecule has 0 radical (unpaired) electrons. The molecule has 0 atom stereocenters. The van der Waals surface area contributed by atoms with Crippen molar-refractivity contribution in [3.8, 4) is 33.4 Å². The van der Waals surface area contributed by atoms with Crippen molar-refractivity contribution >= 4 is 49.4 Å². The zero-order valence-electron chi connectivity index (χ0n) is 34.1. The minimum absolute atomic E-state index is 0.522. The van der Waals surface area contributed by atoms with Crippen molar-refractivity contribution in [3.63, 3.8) is 0 Å². The first-order valence-electron chi connectivity index (χ1n) is 21.5. The van der Waals surface area contributed by atoms with Crippen LogP contribution in [0.25, 0.3) is 65.7 Å². The van der Waals surface area contributed by atoms with Crippen LogP contribution in [0.2, 0.25) is 0 Å². The SMILES string of the molecule is c1ccc(C2(c3ccccc3)c3ccccc3-c3ccc(N(c4cccc(-c5cccc(-c6cccc7ccccc67)c5)c4)c4cc5ccccc5c5ccccc45)cc32)cc1. The summed E-state index contributed by atoms with van der Waals surface area (Å²) >= 11 is 0. The fourth-order valence-corrected chi connectivity index (χ4v) is 10.4. The number of rotatable bonds is 7. The number of nitrogens with zero attached hydrogens (tertiary/aromatic N) is 1. The number of hydrogen-bond acceptors (Lipinski definition) is 1. The molecule has 11 aromatic rings. The smallest absolute Gasteiger partial charge is 0.0714 e. The number of anilines is 3. The topological polar surface area (TPSA) is 3.24 Å². The van der Waals surface area contributed by atoms with Crippen LogP contribution in [-0.4, -0.2) is 0 Å². The lowest BCUT2D eigenvalue weighted by Crippen LogP contribution is -2.28. The van der Waals surface area contributed by atoms with Crippen molar-refractivity contribution in [3.05, 3.63) is 271 Å². The summed E-state index contributed by atoms with van der Waals surface area (Å²) in [7, 11) is 0. The van der Waals surface area contributed by atoms with Crippen LogP contribution in [0.5, 0.6) is 0 Å². The fraction of sp³-hybridized carbons (Fsp3) is 0.0164. The first-order valence-corrected chi connectivity index (χ1v) is 21.5. The molecule has 1 nitrogen and oxygen atoms in total. The van der Waals surface area contributed by atoms with E-state index in [-0.39, 0.29) is 0 Å². The van der Waals surface area contributed by atoms with Gasteiger partial charge in [0.15, 0.2) is 0 Å². The summed E-state index contributed by atoms with van der Waals surface area (Å²) in [4.78, 5) is 2.50. The molecule has 0 saturated carbocycles. The highest BCUT2D eigenvalue weighted by molar-refractivity contribution is 6.14. The van der Waals surface area contributed by atoms with Crippen LogP contribution >= 0.6 is 0 Å². The average molecular weight is 788 g/mol. The molecule has 0 fully saturated rings. The van der Waals surface area contributed by atoms with E-state index in [4.69, 9.17) is 0 Å². The molecule has 0 amide bonds. The Kier molecular flexibility index (Phi) is 8.47. The van der Waals surface area contributed by atoms with Crippen molar-refractivity contribution in [2.24, 2.45) is 0 Å². The molecule has 0 aliphatic heterocycles. The maximum absolute atomic E-state index is 2.50. The van der Waals surface area contributed by atoms with Gasteiger partial charge in [-0.15, -0.1) is 0 Å². The van der Waals surface area contributed by atoms with Crippen LogP contribution in [0.3, 0.4) is 0 Å². The zero-order valence-corrected chi connectivity index (χ0v) is 34.1. The lowest BCUT2D eigenvalue weighted by Gasteiger charge is -2.35. The van der Waals surface area contributed by atoms with Gasteiger partial charge in [0.25, 0.3) is 0 Å². The molecule has 11 aromatic carbocycles. The Balaban J connectivity index is 1.11. The molecule has 1 aliphatic carbocycles. The van der Waals surface area contributed by atoms with Crippen molar-refractivity contribution < 1.29 is 0 Å². The molecular formula is C61H41N. The third-order valence-corrected chi connectivity index (χ3v) is 13.1. The number of hydrogen-bond donors (Lipinski definition) is 0. The van der Waals surface area contributed by atoms with Gasteiger partial charge in [-0.05, 0) is 119 Å². The summed E-state index contributed by atoms with van der Waals surface area (Å²) in [6, 6.07) is 91.8. The second kappa shape index (κ2) is 14.6. The van der Waals surface area contributed by atoms with Crippen molar-refractivity contribution in [2.75, 3.05) is 4.90 Å². The van der Waals surface area contributed by atoms with E-state index < -0.39 is 5.41 Å². The van der Waals surface area contributed by atoms with Crippen LogP contribution in [0.1, 0.15) is 22.3 Å². The third kappa shape index (κ3) is 5.63. The Bertz CT molecular complexity index is 3430. The van der Waals surface area contributed by atoms with Crippen LogP contribution < -0.4 is 4.90 Å². The minimum atomic E-state index is -0.522. The molecule has 0 bridgehead atoms. The molecule has 290 valence electrons. The van der Waals surface area contributed by atoms with Crippen molar-refractivity contribution in [1.82, 2.24) is 0 Å². The maximum atomic E-state index is 2.50. The highest BCUT2D eigenvalue weighted by Gasteiger charge is 2.46. The van der Waals surface area contributed by atoms with Crippen LogP contribution in [-0.2, 0) is 5.41 Å². The summed E-state index contributed by atoms with van der Waals surface area (Å²) in [6.07, 6.45) is 0. The normalized spacial score (nSPS) is 12.6. The first-order chi connectivity index (χ1) is 30.8. The predicted molar refractivity (Wildman–Crippen MR) is 262 cm³/mol. The molecule has 1 aliphatic rings. The van der Waals surface area contributed by atoms with E-state index in [9.17, 15) is 0 Å². The lowest BCUT2D eigenvalue weighted by atomic mass is 9.67. The number of benzene rings is 11. The number of fused-ring (bicyclic) bond motifs is 7. The van der Waals surface area contributed by atoms with Crippen LogP contribution in [0, 0.1) is 0 Å². The van der Waals surface area contributed by atoms with Crippen LogP contribution in [0.4, 0.5) is 17.1 Å². The van der Waals surface area contributed by atoms with Gasteiger partial charge in [0.05, 0.1) is 11.1 Å². The zero-order chi connectivity index (χ0) is 41.0. The molecule has 0 saturated heterocycles. The minimum Gasteiger partial charge on any atom is -0.310 e. The molecule has 0 aromatic heterocycles. The van der Waals surface area contributed by atoms with Gasteiger partial charge in [-0.3, -0.25) is 0 Å². The second-order valence-corrected chi connectivity index (χ2v) is 16.4. The quantitative estimate of drug-likeness (QED) is 0.145. The molecule has 0 N–H and O–H groups in total. The third-order valence-electron chi connectivity index (χ3n) is 13.1. The van der Waals surface area contributed by atoms with E-state index >= 15 is 0 Å². The Morgan fingerprint density at radius 3 is 1.60 bits per heavy atom. The molecule has 62 heavy (non-hydrogen) atoms.